The van der Waals surface area contributed by atoms with Crippen LogP contribution in [0.25, 0.3) is 21.7 Å². The summed E-state index contributed by atoms with van der Waals surface area (Å²) in [6, 6.07) is 5.28. The predicted molar refractivity (Wildman–Crippen MR) is 87.0 cm³/mol. The Morgan fingerprint density at radius 1 is 1.14 bits per heavy atom. The first kappa shape index (κ1) is 14.4. The molecular weight excluding hydrogens is 329 g/mol. The number of aryl methyl sites for hydroxylation is 2. The van der Waals surface area contributed by atoms with Crippen LogP contribution in [0.15, 0.2) is 22.7 Å². The van der Waals surface area contributed by atoms with Crippen LogP contribution < -0.4 is 5.73 Å². The summed E-state index contributed by atoms with van der Waals surface area (Å²) in [5.41, 5.74) is 8.66. The molecule has 21 heavy (non-hydrogen) atoms. The molecule has 7 heteroatoms. The van der Waals surface area contributed by atoms with E-state index in [2.05, 4.69) is 10.1 Å². The average molecular weight is 340 g/mol. The number of thiazole rings is 1. The lowest BCUT2D eigenvalue weighted by atomic mass is 10.0. The van der Waals surface area contributed by atoms with Crippen LogP contribution >= 0.6 is 34.5 Å². The van der Waals surface area contributed by atoms with Gasteiger partial charge in [-0.25, -0.2) is 4.98 Å². The van der Waals surface area contributed by atoms with Gasteiger partial charge >= 0.3 is 0 Å². The number of nitrogens with zero attached hydrogens (tertiary/aromatic N) is 2. The second-order valence-corrected chi connectivity index (χ2v) is 6.53. The van der Waals surface area contributed by atoms with E-state index in [0.717, 1.165) is 15.6 Å². The highest BCUT2D eigenvalue weighted by Crippen LogP contribution is 2.45. The maximum absolute atomic E-state index is 6.28. The fourth-order valence-corrected chi connectivity index (χ4v) is 3.68. The highest BCUT2D eigenvalue weighted by molar-refractivity contribution is 7.15. The molecule has 0 aliphatic heterocycles. The minimum absolute atomic E-state index is 0.186. The van der Waals surface area contributed by atoms with E-state index in [1.165, 1.54) is 11.3 Å². The molecule has 0 spiro atoms. The van der Waals surface area contributed by atoms with Crippen LogP contribution in [-0.4, -0.2) is 10.1 Å². The quantitative estimate of drug-likeness (QED) is 0.715. The molecule has 0 fully saturated rings. The third-order valence-electron chi connectivity index (χ3n) is 3.05. The summed E-state index contributed by atoms with van der Waals surface area (Å²) in [7, 11) is 0. The van der Waals surface area contributed by atoms with Gasteiger partial charge in [0.15, 0.2) is 0 Å². The van der Waals surface area contributed by atoms with Crippen LogP contribution in [0, 0.1) is 13.8 Å². The van der Waals surface area contributed by atoms with Crippen molar-refractivity contribution in [3.63, 3.8) is 0 Å². The first-order valence-corrected chi connectivity index (χ1v) is 7.70. The van der Waals surface area contributed by atoms with E-state index in [-0.39, 0.29) is 5.88 Å². The predicted octanol–water partition coefficient (Wildman–Crippen LogP) is 4.97. The van der Waals surface area contributed by atoms with E-state index in [1.807, 2.05) is 13.8 Å². The Kier molecular flexibility index (Phi) is 3.65. The molecule has 2 aromatic heterocycles. The van der Waals surface area contributed by atoms with E-state index in [4.69, 9.17) is 33.5 Å². The van der Waals surface area contributed by atoms with Gasteiger partial charge in [-0.15, -0.1) is 11.3 Å². The number of nitrogen functional groups attached to an aromatic ring is 1. The number of hydrogen-bond acceptors (Lipinski definition) is 5. The second kappa shape index (κ2) is 5.33. The summed E-state index contributed by atoms with van der Waals surface area (Å²) < 4.78 is 5.17. The number of rotatable bonds is 2. The molecule has 0 aliphatic rings. The van der Waals surface area contributed by atoms with Crippen molar-refractivity contribution in [1.29, 1.82) is 0 Å². The lowest BCUT2D eigenvalue weighted by Crippen LogP contribution is -1.90. The van der Waals surface area contributed by atoms with E-state index in [0.29, 0.717) is 26.9 Å². The zero-order chi connectivity index (χ0) is 15.1. The van der Waals surface area contributed by atoms with E-state index in [9.17, 15) is 0 Å². The molecule has 0 amide bonds. The molecular formula is C14H11Cl2N3OS. The van der Waals surface area contributed by atoms with Gasteiger partial charge < -0.3 is 10.3 Å². The van der Waals surface area contributed by atoms with Crippen LogP contribution in [0.1, 0.15) is 10.7 Å². The minimum atomic E-state index is 0.186. The molecule has 0 aliphatic carbocycles. The summed E-state index contributed by atoms with van der Waals surface area (Å²) >= 11 is 14.1. The van der Waals surface area contributed by atoms with Crippen molar-refractivity contribution in [1.82, 2.24) is 10.1 Å². The van der Waals surface area contributed by atoms with Gasteiger partial charge in [-0.2, -0.15) is 0 Å². The lowest BCUT2D eigenvalue weighted by molar-refractivity contribution is 0.439. The molecule has 4 nitrogen and oxygen atoms in total. The van der Waals surface area contributed by atoms with Gasteiger partial charge in [0.25, 0.3) is 0 Å². The normalized spacial score (nSPS) is 11.0. The highest BCUT2D eigenvalue weighted by Gasteiger charge is 2.24. The van der Waals surface area contributed by atoms with Gasteiger partial charge in [0.1, 0.15) is 5.69 Å². The van der Waals surface area contributed by atoms with Crippen molar-refractivity contribution in [2.24, 2.45) is 0 Å². The number of benzene rings is 1. The summed E-state index contributed by atoms with van der Waals surface area (Å²) in [6.07, 6.45) is 0. The van der Waals surface area contributed by atoms with Crippen LogP contribution in [0.2, 0.25) is 10.0 Å². The molecule has 0 unspecified atom stereocenters. The zero-order valence-electron chi connectivity index (χ0n) is 11.3. The molecule has 0 saturated heterocycles. The minimum Gasteiger partial charge on any atom is -0.367 e. The van der Waals surface area contributed by atoms with Crippen LogP contribution in [0.4, 0.5) is 5.88 Å². The van der Waals surface area contributed by atoms with Crippen LogP contribution in [0.3, 0.4) is 0 Å². The Morgan fingerprint density at radius 3 is 2.38 bits per heavy atom. The van der Waals surface area contributed by atoms with Gasteiger partial charge in [-0.05, 0) is 26.0 Å². The Balaban J connectivity index is 2.30. The smallest absolute Gasteiger partial charge is 0.230 e. The molecule has 108 valence electrons. The maximum Gasteiger partial charge on any atom is 0.230 e. The molecule has 3 rings (SSSR count). The van der Waals surface area contributed by atoms with Crippen molar-refractivity contribution in [2.45, 2.75) is 13.8 Å². The fourth-order valence-electron chi connectivity index (χ4n) is 2.19. The van der Waals surface area contributed by atoms with Crippen molar-refractivity contribution in [3.05, 3.63) is 38.9 Å². The Labute approximate surface area is 135 Å². The first-order valence-electron chi connectivity index (χ1n) is 6.13. The molecule has 3 aromatic rings. The summed E-state index contributed by atoms with van der Waals surface area (Å²) in [4.78, 5) is 5.31. The molecule has 2 heterocycles. The molecule has 2 N–H and O–H groups in total. The molecule has 0 bridgehead atoms. The summed E-state index contributed by atoms with van der Waals surface area (Å²) in [5.74, 6) is 0.186. The van der Waals surface area contributed by atoms with E-state index >= 15 is 0 Å². The third kappa shape index (κ3) is 2.41. The van der Waals surface area contributed by atoms with E-state index < -0.39 is 0 Å². The van der Waals surface area contributed by atoms with Gasteiger partial charge in [-0.1, -0.05) is 34.4 Å². The first-order chi connectivity index (χ1) is 9.99. The number of nitrogens with two attached hydrogens (primary N) is 1. The van der Waals surface area contributed by atoms with Crippen molar-refractivity contribution in [3.8, 4) is 21.7 Å². The van der Waals surface area contributed by atoms with Gasteiger partial charge in [0, 0.05) is 5.56 Å². The van der Waals surface area contributed by atoms with Gasteiger partial charge in [-0.3, -0.25) is 0 Å². The highest BCUT2D eigenvalue weighted by atomic mass is 35.5. The largest absolute Gasteiger partial charge is 0.367 e. The topological polar surface area (TPSA) is 64.9 Å². The number of aromatic nitrogens is 2. The van der Waals surface area contributed by atoms with Crippen LogP contribution in [-0.2, 0) is 0 Å². The monoisotopic (exact) mass is 339 g/mol. The van der Waals surface area contributed by atoms with Crippen LogP contribution in [0.5, 0.6) is 0 Å². The lowest BCUT2D eigenvalue weighted by Gasteiger charge is -2.06. The SMILES string of the molecule is Cc1nc(C)c(-c2noc(N)c2-c2c(Cl)cccc2Cl)s1. The van der Waals surface area contributed by atoms with Crippen molar-refractivity contribution >= 4 is 40.4 Å². The standard InChI is InChI=1S/C14H11Cl2N3OS/c1-6-13(21-7(2)18-6)12-11(14(17)20-19-12)10-8(15)4-3-5-9(10)16/h3-5H,17H2,1-2H3. The molecule has 0 saturated carbocycles. The van der Waals surface area contributed by atoms with Crippen molar-refractivity contribution < 1.29 is 4.52 Å². The molecule has 0 radical (unpaired) electrons. The maximum atomic E-state index is 6.28. The molecule has 1 aromatic carbocycles. The van der Waals surface area contributed by atoms with Gasteiger partial charge in [0.05, 0.1) is 31.2 Å². The Hall–Kier alpha value is -1.56. The third-order valence-corrected chi connectivity index (χ3v) is 4.76. The Morgan fingerprint density at radius 2 is 1.81 bits per heavy atom. The average Bonchev–Trinajstić information content (AvgIpc) is 2.93. The zero-order valence-corrected chi connectivity index (χ0v) is 13.6. The number of hydrogen-bond donors (Lipinski definition) is 1. The second-order valence-electron chi connectivity index (χ2n) is 4.51. The summed E-state index contributed by atoms with van der Waals surface area (Å²) in [6.45, 7) is 3.86. The Bertz CT molecular complexity index is 805. The number of halogens is 2. The summed E-state index contributed by atoms with van der Waals surface area (Å²) in [5, 5.41) is 6.01. The van der Waals surface area contributed by atoms with E-state index in [1.54, 1.807) is 18.2 Å². The van der Waals surface area contributed by atoms with Crippen molar-refractivity contribution in [2.75, 3.05) is 5.73 Å². The molecule has 0 atom stereocenters. The fraction of sp³-hybridized carbons (Fsp3) is 0.143. The van der Waals surface area contributed by atoms with Gasteiger partial charge in [0.2, 0.25) is 5.88 Å². The number of anilines is 1.